The number of rotatable bonds is 3. The first-order valence-corrected chi connectivity index (χ1v) is 6.95. The van der Waals surface area contributed by atoms with Crippen molar-refractivity contribution in [3.63, 3.8) is 0 Å². The van der Waals surface area contributed by atoms with Crippen LogP contribution in [0.3, 0.4) is 0 Å². The van der Waals surface area contributed by atoms with Crippen molar-refractivity contribution in [2.24, 2.45) is 0 Å². The van der Waals surface area contributed by atoms with Crippen LogP contribution in [0.2, 0.25) is 0 Å². The summed E-state index contributed by atoms with van der Waals surface area (Å²) in [5.41, 5.74) is -1.49. The van der Waals surface area contributed by atoms with E-state index in [1.807, 2.05) is 0 Å². The number of hydrogen-bond donors (Lipinski definition) is 0. The zero-order valence-electron chi connectivity index (χ0n) is 13.7. The highest BCUT2D eigenvalue weighted by molar-refractivity contribution is 5.74. The van der Waals surface area contributed by atoms with Gasteiger partial charge in [0.2, 0.25) is 0 Å². The number of aryl methyl sites for hydroxylation is 1. The molecule has 4 nitrogen and oxygen atoms in total. The van der Waals surface area contributed by atoms with E-state index in [0.717, 1.165) is 11.0 Å². The van der Waals surface area contributed by atoms with Crippen molar-refractivity contribution in [1.82, 2.24) is 4.90 Å². The number of carbonyl (C=O) groups excluding carboxylic acids is 2. The second-order valence-corrected chi connectivity index (χ2v) is 6.24. The first-order valence-electron chi connectivity index (χ1n) is 6.95. The molecule has 7 heteroatoms. The molecule has 0 bridgehead atoms. The van der Waals surface area contributed by atoms with Crippen molar-refractivity contribution in [2.75, 3.05) is 7.05 Å². The van der Waals surface area contributed by atoms with Gasteiger partial charge in [0.05, 0.1) is 5.56 Å². The maximum Gasteiger partial charge on any atom is 0.416 e. The average Bonchev–Trinajstić information content (AvgIpc) is 2.37. The van der Waals surface area contributed by atoms with Gasteiger partial charge in [-0.1, -0.05) is 12.1 Å². The van der Waals surface area contributed by atoms with Crippen LogP contribution in [0.25, 0.3) is 0 Å². The summed E-state index contributed by atoms with van der Waals surface area (Å²) < 4.78 is 44.1. The summed E-state index contributed by atoms with van der Waals surface area (Å²) in [6.07, 6.45) is -4.91. The van der Waals surface area contributed by atoms with Crippen LogP contribution in [0.4, 0.5) is 18.0 Å². The summed E-state index contributed by atoms with van der Waals surface area (Å²) >= 11 is 0. The molecule has 1 unspecified atom stereocenters. The minimum atomic E-state index is -4.53. The Balaban J connectivity index is 3.16. The van der Waals surface area contributed by atoms with Gasteiger partial charge in [-0.2, -0.15) is 13.2 Å². The molecule has 0 saturated carbocycles. The molecule has 1 aromatic rings. The molecule has 1 rings (SSSR count). The molecule has 0 aliphatic carbocycles. The van der Waals surface area contributed by atoms with Gasteiger partial charge in [-0.15, -0.1) is 0 Å². The number of likely N-dealkylation sites (N-methyl/N-ethyl adjacent to an activating group) is 1. The molecule has 0 aliphatic rings. The van der Waals surface area contributed by atoms with Crippen LogP contribution < -0.4 is 0 Å². The number of aldehydes is 1. The van der Waals surface area contributed by atoms with E-state index >= 15 is 0 Å². The predicted octanol–water partition coefficient (Wildman–Crippen LogP) is 4.12. The highest BCUT2D eigenvalue weighted by Crippen LogP contribution is 2.34. The fourth-order valence-electron chi connectivity index (χ4n) is 1.97. The minimum Gasteiger partial charge on any atom is -0.444 e. The minimum absolute atomic E-state index is 0.0471. The number of ether oxygens (including phenoxy) is 1. The normalized spacial score (nSPS) is 13.4. The number of alkyl halides is 3. The van der Waals surface area contributed by atoms with E-state index in [4.69, 9.17) is 4.74 Å². The third kappa shape index (κ3) is 4.97. The summed E-state index contributed by atoms with van der Waals surface area (Å²) in [7, 11) is 1.31. The molecule has 0 aliphatic heterocycles. The molecule has 0 heterocycles. The molecule has 0 spiro atoms. The van der Waals surface area contributed by atoms with Crippen LogP contribution in [0.5, 0.6) is 0 Å². The largest absolute Gasteiger partial charge is 0.444 e. The van der Waals surface area contributed by atoms with Crippen molar-refractivity contribution < 1.29 is 27.5 Å². The van der Waals surface area contributed by atoms with Gasteiger partial charge in [0.25, 0.3) is 0 Å². The summed E-state index contributed by atoms with van der Waals surface area (Å²) in [5.74, 6) is 0. The summed E-state index contributed by atoms with van der Waals surface area (Å²) in [6, 6.07) is 2.39. The van der Waals surface area contributed by atoms with Gasteiger partial charge in [-0.05, 0) is 44.9 Å². The molecule has 23 heavy (non-hydrogen) atoms. The van der Waals surface area contributed by atoms with E-state index in [-0.39, 0.29) is 11.1 Å². The van der Waals surface area contributed by atoms with Crippen LogP contribution in [-0.4, -0.2) is 29.9 Å². The monoisotopic (exact) mass is 331 g/mol. The van der Waals surface area contributed by atoms with Crippen LogP contribution in [0.1, 0.15) is 43.5 Å². The quantitative estimate of drug-likeness (QED) is 0.783. The van der Waals surface area contributed by atoms with Gasteiger partial charge in [0.1, 0.15) is 17.9 Å². The fraction of sp³-hybridized carbons (Fsp3) is 0.500. The number of carbonyl (C=O) groups is 2. The Bertz CT molecular complexity index is 591. The smallest absolute Gasteiger partial charge is 0.416 e. The van der Waals surface area contributed by atoms with Gasteiger partial charge >= 0.3 is 12.3 Å². The molecule has 1 atom stereocenters. The fourth-order valence-corrected chi connectivity index (χ4v) is 1.97. The van der Waals surface area contributed by atoms with E-state index in [0.29, 0.717) is 6.29 Å². The molecule has 0 aromatic heterocycles. The Hall–Kier alpha value is -2.05. The van der Waals surface area contributed by atoms with Crippen LogP contribution in [-0.2, 0) is 15.7 Å². The summed E-state index contributed by atoms with van der Waals surface area (Å²) in [5, 5.41) is 0. The lowest BCUT2D eigenvalue weighted by Gasteiger charge is -2.28. The highest BCUT2D eigenvalue weighted by atomic mass is 19.4. The maximum atomic E-state index is 13.0. The highest BCUT2D eigenvalue weighted by Gasteiger charge is 2.34. The molecule has 1 aromatic carbocycles. The van der Waals surface area contributed by atoms with Crippen molar-refractivity contribution in [2.45, 2.75) is 45.5 Å². The molecule has 0 fully saturated rings. The summed E-state index contributed by atoms with van der Waals surface area (Å²) in [6.45, 7) is 6.30. The number of nitrogens with zero attached hydrogens (tertiary/aromatic N) is 1. The number of amides is 1. The van der Waals surface area contributed by atoms with Gasteiger partial charge < -0.3 is 9.53 Å². The first kappa shape index (κ1) is 19.0. The Labute approximate surface area is 133 Å². The van der Waals surface area contributed by atoms with Crippen molar-refractivity contribution >= 4 is 12.4 Å². The number of benzene rings is 1. The Morgan fingerprint density at radius 1 is 1.26 bits per heavy atom. The van der Waals surface area contributed by atoms with E-state index in [1.54, 1.807) is 20.8 Å². The van der Waals surface area contributed by atoms with E-state index in [1.165, 1.54) is 26.1 Å². The SMILES string of the molecule is Cc1ccc(C(C=O)N(C)C(=O)OC(C)(C)C)cc1C(F)(F)F. The summed E-state index contributed by atoms with van der Waals surface area (Å²) in [4.78, 5) is 24.3. The first-order chi connectivity index (χ1) is 10.4. The molecule has 1 amide bonds. The van der Waals surface area contributed by atoms with Gasteiger partial charge in [0, 0.05) is 7.05 Å². The molecule has 128 valence electrons. The molecule has 0 radical (unpaired) electrons. The maximum absolute atomic E-state index is 13.0. The topological polar surface area (TPSA) is 46.6 Å². The third-order valence-corrected chi connectivity index (χ3v) is 3.14. The Morgan fingerprint density at radius 3 is 2.26 bits per heavy atom. The lowest BCUT2D eigenvalue weighted by Crippen LogP contribution is -2.37. The van der Waals surface area contributed by atoms with Crippen LogP contribution in [0, 0.1) is 6.92 Å². The molecule has 0 N–H and O–H groups in total. The predicted molar refractivity (Wildman–Crippen MR) is 79.0 cm³/mol. The zero-order valence-corrected chi connectivity index (χ0v) is 13.7. The van der Waals surface area contributed by atoms with E-state index in [2.05, 4.69) is 0 Å². The van der Waals surface area contributed by atoms with Crippen molar-refractivity contribution in [3.05, 3.63) is 34.9 Å². The van der Waals surface area contributed by atoms with Gasteiger partial charge in [-0.25, -0.2) is 4.79 Å². The van der Waals surface area contributed by atoms with Crippen LogP contribution >= 0.6 is 0 Å². The molecular weight excluding hydrogens is 311 g/mol. The second kappa shape index (κ2) is 6.60. The van der Waals surface area contributed by atoms with Gasteiger partial charge in [0.15, 0.2) is 0 Å². The second-order valence-electron chi connectivity index (χ2n) is 6.24. The molecule has 0 saturated heterocycles. The zero-order chi connectivity index (χ0) is 18.0. The third-order valence-electron chi connectivity index (χ3n) is 3.14. The Kier molecular flexibility index (Phi) is 5.45. The van der Waals surface area contributed by atoms with Crippen molar-refractivity contribution in [3.8, 4) is 0 Å². The number of halogens is 3. The Morgan fingerprint density at radius 2 is 1.83 bits per heavy atom. The average molecular weight is 331 g/mol. The van der Waals surface area contributed by atoms with E-state index < -0.39 is 29.5 Å². The lowest BCUT2D eigenvalue weighted by atomic mass is 10.00. The standard InChI is InChI=1S/C16H20F3NO3/c1-10-6-7-11(8-12(10)16(17,18)19)13(9-21)20(5)14(22)23-15(2,3)4/h6-9,13H,1-5H3. The van der Waals surface area contributed by atoms with Gasteiger partial charge in [-0.3, -0.25) is 4.90 Å². The van der Waals surface area contributed by atoms with E-state index in [9.17, 15) is 22.8 Å². The van der Waals surface area contributed by atoms with Crippen molar-refractivity contribution in [1.29, 1.82) is 0 Å². The molecular formula is C16H20F3NO3. The number of hydrogen-bond acceptors (Lipinski definition) is 3. The van der Waals surface area contributed by atoms with Crippen LogP contribution in [0.15, 0.2) is 18.2 Å². The lowest BCUT2D eigenvalue weighted by molar-refractivity contribution is -0.138.